The summed E-state index contributed by atoms with van der Waals surface area (Å²) in [5, 5.41) is 13.5. The van der Waals surface area contributed by atoms with Gasteiger partial charge in [-0.2, -0.15) is 5.10 Å². The highest BCUT2D eigenvalue weighted by Gasteiger charge is 2.20. The third-order valence-electron chi connectivity index (χ3n) is 5.97. The van der Waals surface area contributed by atoms with E-state index in [9.17, 15) is 4.79 Å². The zero-order valence-corrected chi connectivity index (χ0v) is 18.7. The number of pyridine rings is 1. The van der Waals surface area contributed by atoms with Gasteiger partial charge in [0.15, 0.2) is 22.7 Å². The molecule has 0 aliphatic carbocycles. The highest BCUT2D eigenvalue weighted by molar-refractivity contribution is 5.85. The minimum absolute atomic E-state index is 0.233. The number of aromatic nitrogens is 5. The van der Waals surface area contributed by atoms with Crippen LogP contribution in [0.5, 0.6) is 17.2 Å². The van der Waals surface area contributed by atoms with Crippen LogP contribution in [0.1, 0.15) is 12.6 Å². The molecule has 0 saturated carbocycles. The van der Waals surface area contributed by atoms with E-state index < -0.39 is 0 Å². The largest absolute Gasteiger partial charge is 0.497 e. The Morgan fingerprint density at radius 1 is 1.00 bits per heavy atom. The molecule has 0 radical (unpaired) electrons. The van der Waals surface area contributed by atoms with Crippen molar-refractivity contribution < 1.29 is 14.2 Å². The standard InChI is InChI=1S/C25H21N5O4/c1-3-18-22(15-4-7-17(32-2)8-5-15)24-27-26-23-19(30(24)28-18)10-11-29(25(23)31)16-6-9-20-21(14-16)34-13-12-33-20/h4-11,14H,3,12-13H2,1-2H3. The molecule has 1 aliphatic rings. The zero-order chi connectivity index (χ0) is 23.2. The molecule has 34 heavy (non-hydrogen) atoms. The van der Waals surface area contributed by atoms with Crippen LogP contribution in [-0.2, 0) is 6.42 Å². The van der Waals surface area contributed by atoms with Crippen molar-refractivity contribution in [3.8, 4) is 34.1 Å². The van der Waals surface area contributed by atoms with E-state index in [1.807, 2.05) is 43.3 Å². The fourth-order valence-corrected chi connectivity index (χ4v) is 4.28. The fraction of sp³-hybridized carbons (Fsp3) is 0.200. The molecule has 0 atom stereocenters. The normalized spacial score (nSPS) is 12.9. The number of nitrogens with zero attached hydrogens (tertiary/aromatic N) is 5. The number of aryl methyl sites for hydroxylation is 1. The highest BCUT2D eigenvalue weighted by Crippen LogP contribution is 2.32. The van der Waals surface area contributed by atoms with E-state index >= 15 is 0 Å². The van der Waals surface area contributed by atoms with E-state index in [0.29, 0.717) is 48.0 Å². The van der Waals surface area contributed by atoms with Crippen molar-refractivity contribution >= 4 is 16.7 Å². The Hall–Kier alpha value is -4.40. The molecular formula is C25H21N5O4. The van der Waals surface area contributed by atoms with Crippen LogP contribution < -0.4 is 19.8 Å². The van der Waals surface area contributed by atoms with Gasteiger partial charge in [-0.25, -0.2) is 4.52 Å². The molecule has 6 rings (SSSR count). The maximum Gasteiger partial charge on any atom is 0.285 e. The summed E-state index contributed by atoms with van der Waals surface area (Å²) in [6, 6.07) is 15.0. The molecule has 0 fully saturated rings. The Balaban J connectivity index is 1.52. The van der Waals surface area contributed by atoms with Gasteiger partial charge >= 0.3 is 0 Å². The number of hydrogen-bond acceptors (Lipinski definition) is 7. The smallest absolute Gasteiger partial charge is 0.285 e. The number of fused-ring (bicyclic) bond motifs is 4. The second kappa shape index (κ2) is 7.87. The van der Waals surface area contributed by atoms with Crippen LogP contribution in [0, 0.1) is 0 Å². The lowest BCUT2D eigenvalue weighted by molar-refractivity contribution is 0.171. The lowest BCUT2D eigenvalue weighted by Gasteiger charge is -2.19. The minimum atomic E-state index is -0.289. The average Bonchev–Trinajstić information content (AvgIpc) is 3.28. The summed E-state index contributed by atoms with van der Waals surface area (Å²) in [5.74, 6) is 2.05. The van der Waals surface area contributed by atoms with Crippen molar-refractivity contribution in [2.75, 3.05) is 20.3 Å². The van der Waals surface area contributed by atoms with Crippen molar-refractivity contribution in [3.05, 3.63) is 70.8 Å². The molecule has 3 aromatic heterocycles. The Labute approximate surface area is 194 Å². The van der Waals surface area contributed by atoms with Crippen LogP contribution in [0.4, 0.5) is 0 Å². The number of methoxy groups -OCH3 is 1. The molecule has 4 heterocycles. The first-order chi connectivity index (χ1) is 16.7. The summed E-state index contributed by atoms with van der Waals surface area (Å²) in [7, 11) is 1.64. The molecule has 9 heteroatoms. The van der Waals surface area contributed by atoms with Crippen molar-refractivity contribution in [2.24, 2.45) is 0 Å². The molecule has 0 spiro atoms. The average molecular weight is 455 g/mol. The summed E-state index contributed by atoms with van der Waals surface area (Å²) in [6.07, 6.45) is 2.43. The summed E-state index contributed by atoms with van der Waals surface area (Å²) >= 11 is 0. The number of rotatable bonds is 4. The summed E-state index contributed by atoms with van der Waals surface area (Å²) in [4.78, 5) is 13.4. The van der Waals surface area contributed by atoms with Crippen molar-refractivity contribution in [1.82, 2.24) is 24.4 Å². The fourth-order valence-electron chi connectivity index (χ4n) is 4.28. The molecule has 0 saturated heterocycles. The van der Waals surface area contributed by atoms with Gasteiger partial charge in [0.1, 0.15) is 24.5 Å². The molecule has 0 N–H and O–H groups in total. The molecule has 2 aromatic carbocycles. The van der Waals surface area contributed by atoms with Crippen LogP contribution in [0.15, 0.2) is 59.5 Å². The number of hydrogen-bond donors (Lipinski definition) is 0. The molecule has 0 bridgehead atoms. The topological polar surface area (TPSA) is 92.8 Å². The van der Waals surface area contributed by atoms with Crippen molar-refractivity contribution in [2.45, 2.75) is 13.3 Å². The van der Waals surface area contributed by atoms with E-state index in [0.717, 1.165) is 22.6 Å². The predicted octanol–water partition coefficient (Wildman–Crippen LogP) is 3.44. The first-order valence-electron chi connectivity index (χ1n) is 11.0. The van der Waals surface area contributed by atoms with E-state index in [1.165, 1.54) is 4.57 Å². The maximum absolute atomic E-state index is 13.4. The molecule has 0 unspecified atom stereocenters. The van der Waals surface area contributed by atoms with Crippen LogP contribution in [-0.4, -0.2) is 44.7 Å². The van der Waals surface area contributed by atoms with E-state index in [4.69, 9.17) is 19.3 Å². The number of ether oxygens (including phenoxy) is 3. The first-order valence-corrected chi connectivity index (χ1v) is 11.0. The monoisotopic (exact) mass is 455 g/mol. The van der Waals surface area contributed by atoms with E-state index in [-0.39, 0.29) is 11.1 Å². The second-order valence-electron chi connectivity index (χ2n) is 7.89. The molecule has 1 aliphatic heterocycles. The number of benzene rings is 2. The Morgan fingerprint density at radius 2 is 1.79 bits per heavy atom. The molecule has 5 aromatic rings. The molecule has 170 valence electrons. The van der Waals surface area contributed by atoms with Gasteiger partial charge in [0, 0.05) is 12.3 Å². The molecule has 9 nitrogen and oxygen atoms in total. The van der Waals surface area contributed by atoms with E-state index in [2.05, 4.69) is 10.2 Å². The van der Waals surface area contributed by atoms with Gasteiger partial charge in [0.05, 0.1) is 24.1 Å². The third kappa shape index (κ3) is 3.08. The first kappa shape index (κ1) is 20.2. The lowest BCUT2D eigenvalue weighted by Crippen LogP contribution is -2.21. The highest BCUT2D eigenvalue weighted by atomic mass is 16.6. The lowest BCUT2D eigenvalue weighted by atomic mass is 10.0. The molecular weight excluding hydrogens is 434 g/mol. The molecule has 0 amide bonds. The van der Waals surface area contributed by atoms with Crippen molar-refractivity contribution in [3.63, 3.8) is 0 Å². The third-order valence-corrected chi connectivity index (χ3v) is 5.97. The maximum atomic E-state index is 13.4. The Morgan fingerprint density at radius 3 is 2.56 bits per heavy atom. The quantitative estimate of drug-likeness (QED) is 0.410. The summed E-state index contributed by atoms with van der Waals surface area (Å²) < 4.78 is 19.8. The van der Waals surface area contributed by atoms with Gasteiger partial charge in [-0.3, -0.25) is 9.36 Å². The van der Waals surface area contributed by atoms with Gasteiger partial charge in [-0.15, -0.1) is 10.2 Å². The minimum Gasteiger partial charge on any atom is -0.497 e. The zero-order valence-electron chi connectivity index (χ0n) is 18.7. The Bertz CT molecular complexity index is 1600. The van der Waals surface area contributed by atoms with Crippen molar-refractivity contribution in [1.29, 1.82) is 0 Å². The predicted molar refractivity (Wildman–Crippen MR) is 126 cm³/mol. The van der Waals surface area contributed by atoms with Gasteiger partial charge in [0.25, 0.3) is 5.56 Å². The second-order valence-corrected chi connectivity index (χ2v) is 7.89. The van der Waals surface area contributed by atoms with Crippen LogP contribution in [0.3, 0.4) is 0 Å². The van der Waals surface area contributed by atoms with Crippen LogP contribution in [0.2, 0.25) is 0 Å². The van der Waals surface area contributed by atoms with Gasteiger partial charge in [-0.1, -0.05) is 19.1 Å². The van der Waals surface area contributed by atoms with Crippen LogP contribution in [0.25, 0.3) is 33.5 Å². The van der Waals surface area contributed by atoms with Crippen LogP contribution >= 0.6 is 0 Å². The van der Waals surface area contributed by atoms with Gasteiger partial charge in [0.2, 0.25) is 0 Å². The summed E-state index contributed by atoms with van der Waals surface area (Å²) in [5.41, 5.74) is 4.54. The SMILES string of the molecule is CCc1nn2c(nnc3c(=O)n(-c4ccc5c(c4)OCCO5)ccc32)c1-c1ccc(OC)cc1. The van der Waals surface area contributed by atoms with Gasteiger partial charge < -0.3 is 14.2 Å². The van der Waals surface area contributed by atoms with Gasteiger partial charge in [-0.05, 0) is 42.3 Å². The van der Waals surface area contributed by atoms with E-state index in [1.54, 1.807) is 30.0 Å². The Kier molecular flexibility index (Phi) is 4.68. The summed E-state index contributed by atoms with van der Waals surface area (Å²) in [6.45, 7) is 3.03.